The third kappa shape index (κ3) is 3.06. The molecule has 1 saturated heterocycles. The molecule has 0 N–H and O–H groups in total. The van der Waals surface area contributed by atoms with Crippen molar-refractivity contribution in [1.82, 2.24) is 4.90 Å². The Bertz CT molecular complexity index is 979. The van der Waals surface area contributed by atoms with E-state index in [1.165, 1.54) is 0 Å². The van der Waals surface area contributed by atoms with Crippen molar-refractivity contribution in [3.05, 3.63) is 39.7 Å². The number of hydrogen-bond acceptors (Lipinski definition) is 6. The first kappa shape index (κ1) is 16.6. The number of hydrogen-bond donors (Lipinski definition) is 0. The van der Waals surface area contributed by atoms with Gasteiger partial charge in [0.15, 0.2) is 9.84 Å². The Labute approximate surface area is 146 Å². The highest BCUT2D eigenvalue weighted by Crippen LogP contribution is 2.35. The summed E-state index contributed by atoms with van der Waals surface area (Å²) in [4.78, 5) is 14.0. The predicted octanol–water partition coefficient (Wildman–Crippen LogP) is 2.08. The molecule has 3 heterocycles. The summed E-state index contributed by atoms with van der Waals surface area (Å²) in [6.07, 6.45) is 2.38. The zero-order chi connectivity index (χ0) is 17.6. The maximum Gasteiger partial charge on any atom is 0.336 e. The minimum Gasteiger partial charge on any atom is -0.478 e. The van der Waals surface area contributed by atoms with Crippen LogP contribution in [0.15, 0.2) is 27.4 Å². The summed E-state index contributed by atoms with van der Waals surface area (Å²) in [7, 11) is -2.96. The zero-order valence-electron chi connectivity index (χ0n) is 14.2. The fourth-order valence-corrected chi connectivity index (χ4v) is 5.55. The van der Waals surface area contributed by atoms with Gasteiger partial charge in [0, 0.05) is 24.0 Å². The Morgan fingerprint density at radius 1 is 1.32 bits per heavy atom. The zero-order valence-corrected chi connectivity index (χ0v) is 15.0. The highest BCUT2D eigenvalue weighted by Gasteiger charge is 2.35. The van der Waals surface area contributed by atoms with E-state index in [-0.39, 0.29) is 23.2 Å². The van der Waals surface area contributed by atoms with Gasteiger partial charge >= 0.3 is 5.63 Å². The lowest BCUT2D eigenvalue weighted by Gasteiger charge is -2.33. The summed E-state index contributed by atoms with van der Waals surface area (Å²) < 4.78 is 34.9. The Balaban J connectivity index is 1.75. The molecule has 0 bridgehead atoms. The molecule has 1 unspecified atom stereocenters. The van der Waals surface area contributed by atoms with Crippen molar-refractivity contribution >= 4 is 20.8 Å². The van der Waals surface area contributed by atoms with Gasteiger partial charge in [0.05, 0.1) is 17.1 Å². The van der Waals surface area contributed by atoms with Gasteiger partial charge in [0.2, 0.25) is 0 Å². The van der Waals surface area contributed by atoms with Gasteiger partial charge in [-0.2, -0.15) is 0 Å². The Morgan fingerprint density at radius 3 is 2.88 bits per heavy atom. The number of benzene rings is 1. The molecule has 1 aromatic carbocycles. The number of aryl methyl sites for hydroxylation is 1. The van der Waals surface area contributed by atoms with Crippen LogP contribution in [-0.2, 0) is 22.8 Å². The van der Waals surface area contributed by atoms with E-state index in [1.807, 2.05) is 17.0 Å². The lowest BCUT2D eigenvalue weighted by molar-refractivity contribution is 0.0648. The van der Waals surface area contributed by atoms with Crippen molar-refractivity contribution < 1.29 is 17.6 Å². The van der Waals surface area contributed by atoms with Crippen LogP contribution in [0.1, 0.15) is 30.9 Å². The van der Waals surface area contributed by atoms with Crippen LogP contribution in [0.2, 0.25) is 0 Å². The van der Waals surface area contributed by atoms with E-state index < -0.39 is 9.84 Å². The monoisotopic (exact) mass is 363 g/mol. The van der Waals surface area contributed by atoms with Crippen molar-refractivity contribution in [2.24, 2.45) is 0 Å². The van der Waals surface area contributed by atoms with E-state index in [4.69, 9.17) is 9.15 Å². The smallest absolute Gasteiger partial charge is 0.336 e. The highest BCUT2D eigenvalue weighted by atomic mass is 32.2. The number of sulfone groups is 1. The largest absolute Gasteiger partial charge is 0.478 e. The molecule has 2 aliphatic heterocycles. The summed E-state index contributed by atoms with van der Waals surface area (Å²) in [6, 6.07) is 5.37. The standard InChI is InChI=1S/C18H21NO5S/c1-2-3-12-8-17(20)24-18-14(12)4-5-16-15(18)9-19(11-23-16)13-6-7-25(21,22)10-13/h4-5,8,13H,2-3,6-7,9-11H2,1H3. The SMILES string of the molecule is CCCc1cc(=O)oc2c3c(ccc12)OCN(C1CCS(=O)(=O)C1)C3. The van der Waals surface area contributed by atoms with E-state index in [9.17, 15) is 13.2 Å². The molecule has 1 aromatic heterocycles. The molecule has 0 spiro atoms. The first-order chi connectivity index (χ1) is 12.0. The van der Waals surface area contributed by atoms with E-state index in [0.29, 0.717) is 31.0 Å². The van der Waals surface area contributed by atoms with Crippen molar-refractivity contribution in [3.63, 3.8) is 0 Å². The Kier molecular flexibility index (Phi) is 4.08. The fraction of sp³-hybridized carbons (Fsp3) is 0.500. The second-order valence-electron chi connectivity index (χ2n) is 6.84. The van der Waals surface area contributed by atoms with Gasteiger partial charge in [0.25, 0.3) is 0 Å². The third-order valence-corrected chi connectivity index (χ3v) is 6.80. The highest BCUT2D eigenvalue weighted by molar-refractivity contribution is 7.91. The predicted molar refractivity (Wildman–Crippen MR) is 94.6 cm³/mol. The van der Waals surface area contributed by atoms with Crippen molar-refractivity contribution in [2.75, 3.05) is 18.2 Å². The van der Waals surface area contributed by atoms with E-state index in [0.717, 1.165) is 29.4 Å². The first-order valence-electron chi connectivity index (χ1n) is 8.63. The molecule has 0 amide bonds. The van der Waals surface area contributed by atoms with E-state index in [2.05, 4.69) is 6.92 Å². The molecule has 0 saturated carbocycles. The van der Waals surface area contributed by atoms with Gasteiger partial charge in [-0.25, -0.2) is 13.2 Å². The molecule has 2 aromatic rings. The molecule has 0 aliphatic carbocycles. The van der Waals surface area contributed by atoms with Gasteiger partial charge < -0.3 is 9.15 Å². The summed E-state index contributed by atoms with van der Waals surface area (Å²) in [5, 5.41) is 0.935. The molecule has 1 atom stereocenters. The molecule has 25 heavy (non-hydrogen) atoms. The molecule has 1 fully saturated rings. The van der Waals surface area contributed by atoms with Crippen LogP contribution in [0.25, 0.3) is 11.0 Å². The molecule has 0 radical (unpaired) electrons. The van der Waals surface area contributed by atoms with Crippen LogP contribution in [0, 0.1) is 0 Å². The van der Waals surface area contributed by atoms with Crippen LogP contribution in [-0.4, -0.2) is 37.6 Å². The maximum absolute atomic E-state index is 12.0. The van der Waals surface area contributed by atoms with Crippen LogP contribution in [0.4, 0.5) is 0 Å². The van der Waals surface area contributed by atoms with Crippen LogP contribution in [0.3, 0.4) is 0 Å². The fourth-order valence-electron chi connectivity index (χ4n) is 3.79. The number of nitrogens with zero attached hydrogens (tertiary/aromatic N) is 1. The third-order valence-electron chi connectivity index (χ3n) is 5.05. The number of rotatable bonds is 3. The van der Waals surface area contributed by atoms with Gasteiger partial charge in [-0.15, -0.1) is 0 Å². The van der Waals surface area contributed by atoms with E-state index in [1.54, 1.807) is 6.07 Å². The Morgan fingerprint density at radius 2 is 2.16 bits per heavy atom. The molecule has 6 nitrogen and oxygen atoms in total. The first-order valence-corrected chi connectivity index (χ1v) is 10.4. The van der Waals surface area contributed by atoms with Crippen LogP contribution in [0.5, 0.6) is 5.75 Å². The van der Waals surface area contributed by atoms with Gasteiger partial charge in [-0.1, -0.05) is 13.3 Å². The van der Waals surface area contributed by atoms with Crippen molar-refractivity contribution in [2.45, 2.75) is 38.8 Å². The number of fused-ring (bicyclic) bond motifs is 3. The summed E-state index contributed by atoms with van der Waals surface area (Å²) in [6.45, 7) is 2.97. The molecule has 4 rings (SSSR count). The molecular weight excluding hydrogens is 342 g/mol. The Hall–Kier alpha value is -1.86. The van der Waals surface area contributed by atoms with Gasteiger partial charge in [-0.3, -0.25) is 4.90 Å². The number of ether oxygens (including phenoxy) is 1. The lowest BCUT2D eigenvalue weighted by atomic mass is 10.0. The minimum atomic E-state index is -2.96. The second kappa shape index (κ2) is 6.14. The maximum atomic E-state index is 12.0. The minimum absolute atomic E-state index is 0.0426. The average Bonchev–Trinajstić information content (AvgIpc) is 2.94. The normalized spacial score (nSPS) is 22.7. The topological polar surface area (TPSA) is 76.8 Å². The second-order valence-corrected chi connectivity index (χ2v) is 9.07. The summed E-state index contributed by atoms with van der Waals surface area (Å²) in [5.74, 6) is 1.11. The molecular formula is C18H21NO5S. The van der Waals surface area contributed by atoms with E-state index >= 15 is 0 Å². The summed E-state index contributed by atoms with van der Waals surface area (Å²) in [5.41, 5.74) is 2.03. The average molecular weight is 363 g/mol. The molecule has 134 valence electrons. The van der Waals surface area contributed by atoms with Crippen molar-refractivity contribution in [1.29, 1.82) is 0 Å². The van der Waals surface area contributed by atoms with Gasteiger partial charge in [-0.05, 0) is 30.5 Å². The molecule has 7 heteroatoms. The van der Waals surface area contributed by atoms with Crippen LogP contribution >= 0.6 is 0 Å². The molecule has 2 aliphatic rings. The lowest BCUT2D eigenvalue weighted by Crippen LogP contribution is -2.41. The quantitative estimate of drug-likeness (QED) is 0.777. The van der Waals surface area contributed by atoms with Gasteiger partial charge in [0.1, 0.15) is 18.1 Å². The summed E-state index contributed by atoms with van der Waals surface area (Å²) >= 11 is 0. The van der Waals surface area contributed by atoms with Crippen molar-refractivity contribution in [3.8, 4) is 5.75 Å². The van der Waals surface area contributed by atoms with Crippen LogP contribution < -0.4 is 10.4 Å².